The second-order valence-electron chi connectivity index (χ2n) is 6.13. The van der Waals surface area contributed by atoms with Gasteiger partial charge in [0.15, 0.2) is 5.65 Å². The summed E-state index contributed by atoms with van der Waals surface area (Å²) in [5.41, 5.74) is 8.38. The Balaban J connectivity index is 1.82. The number of nitrogens with two attached hydrogens (primary N) is 1. The molecule has 27 heavy (non-hydrogen) atoms. The molecule has 0 saturated heterocycles. The first-order valence-electron chi connectivity index (χ1n) is 8.31. The second-order valence-corrected chi connectivity index (χ2v) is 7.04. The summed E-state index contributed by atoms with van der Waals surface area (Å²) in [6, 6.07) is 15.8. The number of aromatic nitrogens is 4. The number of allylic oxidation sites excluding steroid dienone is 1. The van der Waals surface area contributed by atoms with Crippen LogP contribution in [-0.4, -0.2) is 26.4 Å². The SMILES string of the molecule is Nc1nc2c3ccccc3nc(C(C3=COCO3)c3ccc(Br)cc3)n2n1. The number of halogens is 1. The maximum Gasteiger partial charge on any atom is 0.240 e. The topological polar surface area (TPSA) is 87.6 Å². The second kappa shape index (κ2) is 6.24. The van der Waals surface area contributed by atoms with E-state index in [1.807, 2.05) is 48.5 Å². The van der Waals surface area contributed by atoms with Crippen LogP contribution in [0.25, 0.3) is 16.6 Å². The number of hydrogen-bond acceptors (Lipinski definition) is 6. The molecule has 3 heterocycles. The van der Waals surface area contributed by atoms with E-state index >= 15 is 0 Å². The lowest BCUT2D eigenvalue weighted by atomic mass is 9.96. The van der Waals surface area contributed by atoms with Gasteiger partial charge < -0.3 is 15.2 Å². The molecule has 8 heteroatoms. The molecular weight excluding hydrogens is 410 g/mol. The fourth-order valence-corrected chi connectivity index (χ4v) is 3.54. The number of fused-ring (bicyclic) bond motifs is 3. The molecule has 1 unspecified atom stereocenters. The van der Waals surface area contributed by atoms with Crippen molar-refractivity contribution in [3.8, 4) is 0 Å². The van der Waals surface area contributed by atoms with Crippen molar-refractivity contribution in [1.29, 1.82) is 0 Å². The average Bonchev–Trinajstić information content (AvgIpc) is 3.33. The number of benzene rings is 2. The number of rotatable bonds is 3. The molecular formula is C19H14BrN5O2. The average molecular weight is 424 g/mol. The fourth-order valence-electron chi connectivity index (χ4n) is 3.28. The maximum absolute atomic E-state index is 5.92. The van der Waals surface area contributed by atoms with Gasteiger partial charge in [-0.1, -0.05) is 40.2 Å². The molecule has 4 aromatic rings. The first-order valence-corrected chi connectivity index (χ1v) is 9.11. The smallest absolute Gasteiger partial charge is 0.240 e. The zero-order valence-corrected chi connectivity index (χ0v) is 15.6. The van der Waals surface area contributed by atoms with Gasteiger partial charge in [-0.25, -0.2) is 4.98 Å². The molecule has 0 aliphatic carbocycles. The molecule has 2 aromatic heterocycles. The van der Waals surface area contributed by atoms with E-state index < -0.39 is 0 Å². The molecule has 2 aromatic carbocycles. The van der Waals surface area contributed by atoms with Crippen molar-refractivity contribution in [2.45, 2.75) is 5.92 Å². The molecule has 5 rings (SSSR count). The molecule has 0 saturated carbocycles. The van der Waals surface area contributed by atoms with E-state index in [9.17, 15) is 0 Å². The quantitative estimate of drug-likeness (QED) is 0.541. The van der Waals surface area contributed by atoms with Gasteiger partial charge in [-0.05, 0) is 29.8 Å². The number of ether oxygens (including phenoxy) is 2. The molecule has 0 bridgehead atoms. The highest BCUT2D eigenvalue weighted by Crippen LogP contribution is 2.35. The molecule has 0 radical (unpaired) electrons. The van der Waals surface area contributed by atoms with Crippen LogP contribution >= 0.6 is 15.9 Å². The van der Waals surface area contributed by atoms with Crippen LogP contribution in [0.4, 0.5) is 5.95 Å². The lowest BCUT2D eigenvalue weighted by molar-refractivity contribution is 0.0765. The van der Waals surface area contributed by atoms with Gasteiger partial charge >= 0.3 is 0 Å². The van der Waals surface area contributed by atoms with Crippen molar-refractivity contribution in [2.24, 2.45) is 0 Å². The Kier molecular flexibility index (Phi) is 3.71. The first-order chi connectivity index (χ1) is 13.2. The lowest BCUT2D eigenvalue weighted by Crippen LogP contribution is -2.14. The van der Waals surface area contributed by atoms with E-state index in [1.54, 1.807) is 10.8 Å². The molecule has 1 atom stereocenters. The molecule has 134 valence electrons. The number of para-hydroxylation sites is 1. The van der Waals surface area contributed by atoms with Gasteiger partial charge in [0.2, 0.25) is 12.7 Å². The molecule has 0 spiro atoms. The van der Waals surface area contributed by atoms with Crippen molar-refractivity contribution in [1.82, 2.24) is 19.6 Å². The van der Waals surface area contributed by atoms with E-state index in [2.05, 4.69) is 26.0 Å². The Labute approximate surface area is 162 Å². The summed E-state index contributed by atoms with van der Waals surface area (Å²) in [4.78, 5) is 9.29. The lowest BCUT2D eigenvalue weighted by Gasteiger charge is -2.18. The van der Waals surface area contributed by atoms with Gasteiger partial charge in [0, 0.05) is 9.86 Å². The highest BCUT2D eigenvalue weighted by molar-refractivity contribution is 9.10. The Bertz CT molecular complexity index is 1190. The Hall–Kier alpha value is -3.13. The van der Waals surface area contributed by atoms with Crippen LogP contribution in [0.15, 0.2) is 65.0 Å². The van der Waals surface area contributed by atoms with Crippen LogP contribution in [0.5, 0.6) is 0 Å². The summed E-state index contributed by atoms with van der Waals surface area (Å²) >= 11 is 3.48. The van der Waals surface area contributed by atoms with Gasteiger partial charge in [-0.2, -0.15) is 9.50 Å². The molecule has 1 aliphatic heterocycles. The third kappa shape index (κ3) is 2.69. The van der Waals surface area contributed by atoms with Crippen LogP contribution in [0.2, 0.25) is 0 Å². The predicted octanol–water partition coefficient (Wildman–Crippen LogP) is 3.60. The predicted molar refractivity (Wildman–Crippen MR) is 104 cm³/mol. The number of anilines is 1. The van der Waals surface area contributed by atoms with Gasteiger partial charge in [-0.15, -0.1) is 5.10 Å². The normalized spacial score (nSPS) is 14.8. The highest BCUT2D eigenvalue weighted by atomic mass is 79.9. The Morgan fingerprint density at radius 1 is 1.07 bits per heavy atom. The largest absolute Gasteiger partial charge is 0.462 e. The zero-order valence-electron chi connectivity index (χ0n) is 14.0. The highest BCUT2D eigenvalue weighted by Gasteiger charge is 2.29. The van der Waals surface area contributed by atoms with Gasteiger partial charge in [0.25, 0.3) is 0 Å². The summed E-state index contributed by atoms with van der Waals surface area (Å²) in [7, 11) is 0. The molecule has 0 amide bonds. The monoisotopic (exact) mass is 423 g/mol. The van der Waals surface area contributed by atoms with Crippen LogP contribution in [0.1, 0.15) is 17.3 Å². The summed E-state index contributed by atoms with van der Waals surface area (Å²) in [5, 5.41) is 5.27. The minimum absolute atomic E-state index is 0.179. The summed E-state index contributed by atoms with van der Waals surface area (Å²) in [5.74, 6) is 1.21. The summed E-state index contributed by atoms with van der Waals surface area (Å²) < 4.78 is 13.7. The Morgan fingerprint density at radius 3 is 2.67 bits per heavy atom. The standard InChI is InChI=1S/C19H14BrN5O2/c20-12-7-5-11(6-8-12)16(15-9-26-10-27-15)18-22-14-4-2-1-3-13(14)17-23-19(21)24-25(17)18/h1-9,16H,10H2,(H2,21,24). The van der Waals surface area contributed by atoms with Crippen molar-refractivity contribution < 1.29 is 9.47 Å². The minimum Gasteiger partial charge on any atom is -0.462 e. The summed E-state index contributed by atoms with van der Waals surface area (Å²) in [6.07, 6.45) is 1.62. The van der Waals surface area contributed by atoms with Crippen LogP contribution in [-0.2, 0) is 9.47 Å². The van der Waals surface area contributed by atoms with Crippen molar-refractivity contribution in [2.75, 3.05) is 12.5 Å². The maximum atomic E-state index is 5.92. The fraction of sp³-hybridized carbons (Fsp3) is 0.105. The van der Waals surface area contributed by atoms with Gasteiger partial charge in [-0.3, -0.25) is 0 Å². The molecule has 7 nitrogen and oxygen atoms in total. The van der Waals surface area contributed by atoms with Crippen LogP contribution in [0.3, 0.4) is 0 Å². The molecule has 1 aliphatic rings. The van der Waals surface area contributed by atoms with Crippen molar-refractivity contribution >= 4 is 38.4 Å². The first kappa shape index (κ1) is 16.1. The minimum atomic E-state index is -0.311. The van der Waals surface area contributed by atoms with E-state index in [-0.39, 0.29) is 18.7 Å². The molecule has 0 fully saturated rings. The summed E-state index contributed by atoms with van der Waals surface area (Å²) in [6.45, 7) is 0.179. The van der Waals surface area contributed by atoms with E-state index in [0.29, 0.717) is 17.2 Å². The van der Waals surface area contributed by atoms with Crippen LogP contribution < -0.4 is 5.73 Å². The van der Waals surface area contributed by atoms with E-state index in [4.69, 9.17) is 20.2 Å². The van der Waals surface area contributed by atoms with Crippen molar-refractivity contribution in [3.63, 3.8) is 0 Å². The van der Waals surface area contributed by atoms with Crippen LogP contribution in [0, 0.1) is 0 Å². The zero-order chi connectivity index (χ0) is 18.4. The number of nitrogen functional groups attached to an aromatic ring is 1. The van der Waals surface area contributed by atoms with Crippen molar-refractivity contribution in [3.05, 3.63) is 76.4 Å². The molecule has 2 N–H and O–H groups in total. The number of hydrogen-bond donors (Lipinski definition) is 1. The third-order valence-electron chi connectivity index (χ3n) is 4.46. The third-order valence-corrected chi connectivity index (χ3v) is 4.99. The van der Waals surface area contributed by atoms with E-state index in [1.165, 1.54) is 0 Å². The van der Waals surface area contributed by atoms with E-state index in [0.717, 1.165) is 20.9 Å². The Morgan fingerprint density at radius 2 is 1.89 bits per heavy atom. The van der Waals surface area contributed by atoms with Gasteiger partial charge in [0.1, 0.15) is 23.8 Å². The number of nitrogens with zero attached hydrogens (tertiary/aromatic N) is 4. The van der Waals surface area contributed by atoms with Gasteiger partial charge in [0.05, 0.1) is 5.52 Å².